The second-order valence-corrected chi connectivity index (χ2v) is 6.10. The largest absolute Gasteiger partial charge is 0.493 e. The van der Waals surface area contributed by atoms with Gasteiger partial charge in [-0.1, -0.05) is 6.07 Å². The summed E-state index contributed by atoms with van der Waals surface area (Å²) in [6, 6.07) is 5.89. The smallest absolute Gasteiger partial charge is 0.307 e. The fraction of sp³-hybridized carbons (Fsp3) is 0.562. The highest BCUT2D eigenvalue weighted by atomic mass is 16.5. The first-order valence-electron chi connectivity index (χ1n) is 7.56. The topological polar surface area (TPSA) is 71.0 Å². The summed E-state index contributed by atoms with van der Waals surface area (Å²) in [5.74, 6) is 0.388. The molecule has 2 N–H and O–H groups in total. The second kappa shape index (κ2) is 6.14. The van der Waals surface area contributed by atoms with Gasteiger partial charge in [0.15, 0.2) is 11.5 Å². The van der Waals surface area contributed by atoms with Crippen LogP contribution in [0.5, 0.6) is 11.5 Å². The Labute approximate surface area is 130 Å². The number of likely N-dealkylation sites (tertiary alicyclic amines) is 1. The van der Waals surface area contributed by atoms with E-state index in [9.17, 15) is 4.79 Å². The third-order valence-corrected chi connectivity index (χ3v) is 4.39. The van der Waals surface area contributed by atoms with Crippen LogP contribution in [0.1, 0.15) is 18.0 Å². The number of nitrogens with one attached hydrogen (secondary N) is 1. The molecule has 0 bridgehead atoms. The van der Waals surface area contributed by atoms with Crippen LogP contribution >= 0.6 is 0 Å². The minimum absolute atomic E-state index is 0.0541. The highest BCUT2D eigenvalue weighted by Gasteiger charge is 2.31. The van der Waals surface area contributed by atoms with E-state index < -0.39 is 5.97 Å². The first-order valence-corrected chi connectivity index (χ1v) is 7.56. The maximum atomic E-state index is 11.1. The molecule has 3 rings (SSSR count). The van der Waals surface area contributed by atoms with Crippen molar-refractivity contribution < 1.29 is 19.4 Å². The minimum atomic E-state index is -0.738. The van der Waals surface area contributed by atoms with E-state index in [2.05, 4.69) is 17.3 Å². The Kier molecular flexibility index (Phi) is 4.22. The van der Waals surface area contributed by atoms with Crippen LogP contribution in [0.3, 0.4) is 0 Å². The Morgan fingerprint density at radius 3 is 2.73 bits per heavy atom. The van der Waals surface area contributed by atoms with Crippen LogP contribution < -0.4 is 14.8 Å². The maximum Gasteiger partial charge on any atom is 0.307 e. The molecule has 0 saturated carbocycles. The zero-order chi connectivity index (χ0) is 15.7. The van der Waals surface area contributed by atoms with Crippen molar-refractivity contribution in [3.8, 4) is 11.5 Å². The van der Waals surface area contributed by atoms with Gasteiger partial charge in [-0.25, -0.2) is 0 Å². The number of methoxy groups -OCH3 is 1. The van der Waals surface area contributed by atoms with E-state index in [1.165, 1.54) is 0 Å². The Morgan fingerprint density at radius 2 is 2.14 bits per heavy atom. The molecule has 6 heteroatoms. The van der Waals surface area contributed by atoms with Gasteiger partial charge in [0.25, 0.3) is 0 Å². The lowest BCUT2D eigenvalue weighted by Crippen LogP contribution is -2.51. The number of carboxylic acids is 1. The molecule has 0 aromatic heterocycles. The second-order valence-electron chi connectivity index (χ2n) is 6.10. The molecular weight excluding hydrogens is 284 g/mol. The van der Waals surface area contributed by atoms with Crippen molar-refractivity contribution in [1.29, 1.82) is 0 Å². The lowest BCUT2D eigenvalue weighted by Gasteiger charge is -2.36. The van der Waals surface area contributed by atoms with E-state index >= 15 is 0 Å². The molecule has 6 nitrogen and oxygen atoms in total. The van der Waals surface area contributed by atoms with Crippen molar-refractivity contribution in [3.63, 3.8) is 0 Å². The van der Waals surface area contributed by atoms with Crippen molar-refractivity contribution >= 4 is 5.97 Å². The molecule has 2 saturated heterocycles. The van der Waals surface area contributed by atoms with E-state index in [4.69, 9.17) is 14.6 Å². The third kappa shape index (κ3) is 3.03. The molecule has 2 atom stereocenters. The van der Waals surface area contributed by atoms with E-state index in [0.29, 0.717) is 18.7 Å². The van der Waals surface area contributed by atoms with Crippen LogP contribution in [0.4, 0.5) is 0 Å². The van der Waals surface area contributed by atoms with Crippen molar-refractivity contribution in [2.75, 3.05) is 33.8 Å². The predicted molar refractivity (Wildman–Crippen MR) is 81.4 cm³/mol. The van der Waals surface area contributed by atoms with E-state index in [-0.39, 0.29) is 18.1 Å². The van der Waals surface area contributed by atoms with Gasteiger partial charge in [-0.15, -0.1) is 0 Å². The van der Waals surface area contributed by atoms with Gasteiger partial charge in [0.2, 0.25) is 0 Å². The van der Waals surface area contributed by atoms with Gasteiger partial charge in [-0.2, -0.15) is 0 Å². The van der Waals surface area contributed by atoms with Crippen molar-refractivity contribution in [1.82, 2.24) is 10.2 Å². The number of nitrogens with zero attached hydrogens (tertiary/aromatic N) is 1. The van der Waals surface area contributed by atoms with Crippen LogP contribution in [0.2, 0.25) is 0 Å². The fourth-order valence-electron chi connectivity index (χ4n) is 3.08. The quantitative estimate of drug-likeness (QED) is 0.849. The van der Waals surface area contributed by atoms with Gasteiger partial charge in [0, 0.05) is 25.7 Å². The number of benzene rings is 1. The summed E-state index contributed by atoms with van der Waals surface area (Å²) in [4.78, 5) is 13.3. The van der Waals surface area contributed by atoms with Gasteiger partial charge in [0.1, 0.15) is 6.10 Å². The summed E-state index contributed by atoms with van der Waals surface area (Å²) in [5, 5.41) is 12.4. The standard InChI is InChI=1S/C16H22N2O4/c1-18-8-12(9-18)22-15-6-10(3-4-14(15)21-2)13-5-11(7-17-13)16(19)20/h3-4,6,11-13,17H,5,7-9H2,1-2H3,(H,19,20). The molecule has 1 aromatic carbocycles. The molecule has 0 spiro atoms. The summed E-state index contributed by atoms with van der Waals surface area (Å²) in [6.07, 6.45) is 0.797. The number of carboxylic acid groups (broad SMARTS) is 1. The third-order valence-electron chi connectivity index (χ3n) is 4.39. The molecule has 120 valence electrons. The van der Waals surface area contributed by atoms with E-state index in [0.717, 1.165) is 24.4 Å². The van der Waals surface area contributed by atoms with E-state index in [1.807, 2.05) is 18.2 Å². The summed E-state index contributed by atoms with van der Waals surface area (Å²) in [7, 11) is 3.69. The van der Waals surface area contributed by atoms with E-state index in [1.54, 1.807) is 7.11 Å². The molecule has 2 fully saturated rings. The highest BCUT2D eigenvalue weighted by molar-refractivity contribution is 5.70. The number of likely N-dealkylation sites (N-methyl/N-ethyl adjacent to an activating group) is 1. The highest BCUT2D eigenvalue weighted by Crippen LogP contribution is 2.35. The fourth-order valence-corrected chi connectivity index (χ4v) is 3.08. The van der Waals surface area contributed by atoms with Gasteiger partial charge in [-0.05, 0) is 31.2 Å². The summed E-state index contributed by atoms with van der Waals surface area (Å²) >= 11 is 0. The number of carbonyl (C=O) groups is 1. The first kappa shape index (κ1) is 15.1. The van der Waals surface area contributed by atoms with Gasteiger partial charge < -0.3 is 19.9 Å². The minimum Gasteiger partial charge on any atom is -0.493 e. The maximum absolute atomic E-state index is 11.1. The molecule has 22 heavy (non-hydrogen) atoms. The average molecular weight is 306 g/mol. The summed E-state index contributed by atoms with van der Waals surface area (Å²) in [5.41, 5.74) is 1.05. The summed E-state index contributed by atoms with van der Waals surface area (Å²) < 4.78 is 11.4. The summed E-state index contributed by atoms with van der Waals surface area (Å²) in [6.45, 7) is 2.34. The molecule has 2 aliphatic rings. The van der Waals surface area contributed by atoms with Crippen LogP contribution in [-0.2, 0) is 4.79 Å². The number of ether oxygens (including phenoxy) is 2. The van der Waals surface area contributed by atoms with Crippen molar-refractivity contribution in [3.05, 3.63) is 23.8 Å². The predicted octanol–water partition coefficient (Wildman–Crippen LogP) is 1.12. The Hall–Kier alpha value is -1.79. The number of aliphatic carboxylic acids is 1. The SMILES string of the molecule is COc1ccc(C2CC(C(=O)O)CN2)cc1OC1CN(C)C1. The van der Waals surface area contributed by atoms with Gasteiger partial charge in [0.05, 0.1) is 13.0 Å². The number of hydrogen-bond donors (Lipinski definition) is 2. The van der Waals surface area contributed by atoms with Gasteiger partial charge >= 0.3 is 5.97 Å². The van der Waals surface area contributed by atoms with Crippen LogP contribution in [0.25, 0.3) is 0 Å². The molecule has 0 aliphatic carbocycles. The molecule has 1 aromatic rings. The number of hydrogen-bond acceptors (Lipinski definition) is 5. The number of rotatable bonds is 5. The zero-order valence-corrected chi connectivity index (χ0v) is 12.9. The molecule has 0 radical (unpaired) electrons. The first-order chi connectivity index (χ1) is 10.6. The average Bonchev–Trinajstić information content (AvgIpc) is 2.95. The van der Waals surface area contributed by atoms with Gasteiger partial charge in [-0.3, -0.25) is 9.69 Å². The monoisotopic (exact) mass is 306 g/mol. The Morgan fingerprint density at radius 1 is 1.36 bits per heavy atom. The molecule has 2 unspecified atom stereocenters. The lowest BCUT2D eigenvalue weighted by molar-refractivity contribution is -0.141. The Balaban J connectivity index is 1.74. The molecule has 0 amide bonds. The molecule has 2 aliphatic heterocycles. The van der Waals surface area contributed by atoms with Crippen LogP contribution in [0, 0.1) is 5.92 Å². The van der Waals surface area contributed by atoms with Crippen LogP contribution in [0.15, 0.2) is 18.2 Å². The van der Waals surface area contributed by atoms with Crippen molar-refractivity contribution in [2.45, 2.75) is 18.6 Å². The lowest BCUT2D eigenvalue weighted by atomic mass is 10.00. The molecular formula is C16H22N2O4. The zero-order valence-electron chi connectivity index (χ0n) is 12.9. The Bertz CT molecular complexity index is 557. The van der Waals surface area contributed by atoms with Crippen molar-refractivity contribution in [2.24, 2.45) is 5.92 Å². The molecule has 2 heterocycles. The van der Waals surface area contributed by atoms with Crippen LogP contribution in [-0.4, -0.2) is 55.9 Å². The normalized spacial score (nSPS) is 25.7.